The molecule has 0 spiro atoms. The average Bonchev–Trinajstić information content (AvgIpc) is 2.73. The lowest BCUT2D eigenvalue weighted by molar-refractivity contribution is 0.152. The highest BCUT2D eigenvalue weighted by Gasteiger charge is 2.13. The van der Waals surface area contributed by atoms with Gasteiger partial charge >= 0.3 is 0 Å². The van der Waals surface area contributed by atoms with E-state index in [9.17, 15) is 0 Å². The third-order valence-electron chi connectivity index (χ3n) is 3.40. The predicted molar refractivity (Wildman–Crippen MR) is 82.7 cm³/mol. The molecule has 2 rings (SSSR count). The molecule has 1 saturated heterocycles. The second kappa shape index (κ2) is 8.47. The Morgan fingerprint density at radius 1 is 1.35 bits per heavy atom. The fourth-order valence-electron chi connectivity index (χ4n) is 2.39. The lowest BCUT2D eigenvalue weighted by Crippen LogP contribution is -2.28. The van der Waals surface area contributed by atoms with Crippen LogP contribution in [0.15, 0.2) is 18.2 Å². The molecule has 1 aromatic rings. The highest BCUT2D eigenvalue weighted by atomic mass is 35.5. The van der Waals surface area contributed by atoms with Crippen LogP contribution < -0.4 is 10.2 Å². The summed E-state index contributed by atoms with van der Waals surface area (Å²) in [6, 6.07) is 6.12. The Kier molecular flexibility index (Phi) is 6.60. The van der Waals surface area contributed by atoms with Crippen LogP contribution in [0.4, 0.5) is 5.69 Å². The van der Waals surface area contributed by atoms with Gasteiger partial charge in [-0.2, -0.15) is 0 Å². The van der Waals surface area contributed by atoms with Gasteiger partial charge in [0.05, 0.1) is 13.2 Å². The van der Waals surface area contributed by atoms with Crippen molar-refractivity contribution in [3.63, 3.8) is 0 Å². The summed E-state index contributed by atoms with van der Waals surface area (Å²) >= 11 is 6.13. The molecule has 0 aromatic heterocycles. The Balaban J connectivity index is 2.05. The number of halogens is 1. The van der Waals surface area contributed by atoms with Crippen LogP contribution in [0.2, 0.25) is 5.02 Å². The molecule has 5 heteroatoms. The smallest absolute Gasteiger partial charge is 0.0641 e. The van der Waals surface area contributed by atoms with Crippen LogP contribution >= 0.6 is 11.6 Å². The maximum Gasteiger partial charge on any atom is 0.0641 e. The maximum absolute atomic E-state index is 6.13. The van der Waals surface area contributed by atoms with E-state index in [0.29, 0.717) is 6.61 Å². The number of nitrogens with zero attached hydrogens (tertiary/aromatic N) is 1. The van der Waals surface area contributed by atoms with Gasteiger partial charge in [0.1, 0.15) is 0 Å². The van der Waals surface area contributed by atoms with Gasteiger partial charge in [-0.25, -0.2) is 0 Å². The lowest BCUT2D eigenvalue weighted by atomic mass is 10.1. The second-order valence-corrected chi connectivity index (χ2v) is 5.33. The number of rotatable bonds is 6. The van der Waals surface area contributed by atoms with Gasteiger partial charge in [0.25, 0.3) is 0 Å². The van der Waals surface area contributed by atoms with Crippen molar-refractivity contribution in [2.45, 2.75) is 13.0 Å². The Labute approximate surface area is 126 Å². The molecule has 112 valence electrons. The van der Waals surface area contributed by atoms with E-state index < -0.39 is 0 Å². The first-order valence-corrected chi connectivity index (χ1v) is 7.50. The first-order chi connectivity index (χ1) is 9.81. The summed E-state index contributed by atoms with van der Waals surface area (Å²) in [5.74, 6) is 0. The van der Waals surface area contributed by atoms with Crippen molar-refractivity contribution in [2.75, 3.05) is 51.5 Å². The number of hydrogen-bond donors (Lipinski definition) is 1. The summed E-state index contributed by atoms with van der Waals surface area (Å²) in [7, 11) is 1.71. The molecule has 0 atom stereocenters. The second-order valence-electron chi connectivity index (χ2n) is 4.90. The summed E-state index contributed by atoms with van der Waals surface area (Å²) in [5, 5.41) is 4.16. The van der Waals surface area contributed by atoms with Crippen molar-refractivity contribution in [2.24, 2.45) is 0 Å². The summed E-state index contributed by atoms with van der Waals surface area (Å²) in [5.41, 5.74) is 2.49. The van der Waals surface area contributed by atoms with E-state index in [1.807, 2.05) is 12.1 Å². The molecule has 1 aliphatic heterocycles. The highest BCUT2D eigenvalue weighted by Crippen LogP contribution is 2.25. The molecular weight excluding hydrogens is 276 g/mol. The molecule has 4 nitrogen and oxygen atoms in total. The molecule has 1 heterocycles. The molecule has 0 unspecified atom stereocenters. The zero-order valence-corrected chi connectivity index (χ0v) is 12.8. The zero-order valence-electron chi connectivity index (χ0n) is 12.0. The molecule has 20 heavy (non-hydrogen) atoms. The Morgan fingerprint density at radius 3 is 3.10 bits per heavy atom. The van der Waals surface area contributed by atoms with Crippen molar-refractivity contribution in [1.29, 1.82) is 0 Å². The van der Waals surface area contributed by atoms with E-state index in [1.165, 1.54) is 11.3 Å². The van der Waals surface area contributed by atoms with Crippen molar-refractivity contribution >= 4 is 17.3 Å². The van der Waals surface area contributed by atoms with E-state index in [1.54, 1.807) is 7.11 Å². The number of anilines is 1. The molecule has 1 fully saturated rings. The van der Waals surface area contributed by atoms with E-state index in [0.717, 1.165) is 50.8 Å². The van der Waals surface area contributed by atoms with Gasteiger partial charge in [0.2, 0.25) is 0 Å². The van der Waals surface area contributed by atoms with Gasteiger partial charge < -0.3 is 19.7 Å². The summed E-state index contributed by atoms with van der Waals surface area (Å²) in [4.78, 5) is 2.39. The van der Waals surface area contributed by atoms with Crippen LogP contribution in [0.5, 0.6) is 0 Å². The third-order valence-corrected chi connectivity index (χ3v) is 3.64. The first kappa shape index (κ1) is 15.6. The largest absolute Gasteiger partial charge is 0.383 e. The standard InChI is InChI=1S/C15H23ClN2O2/c1-19-9-5-17-12-13-11-14(16)3-4-15(13)18-6-2-8-20-10-7-18/h3-4,11,17H,2,5-10,12H2,1H3. The van der Waals surface area contributed by atoms with Crippen LogP contribution in [0.3, 0.4) is 0 Å². The number of methoxy groups -OCH3 is 1. The van der Waals surface area contributed by atoms with Crippen LogP contribution in [-0.4, -0.2) is 46.6 Å². The topological polar surface area (TPSA) is 33.7 Å². The fourth-order valence-corrected chi connectivity index (χ4v) is 2.58. The summed E-state index contributed by atoms with van der Waals surface area (Å²) < 4.78 is 10.6. The van der Waals surface area contributed by atoms with Gasteiger partial charge in [-0.15, -0.1) is 0 Å². The van der Waals surface area contributed by atoms with E-state index in [2.05, 4.69) is 16.3 Å². The van der Waals surface area contributed by atoms with Crippen molar-refractivity contribution in [3.8, 4) is 0 Å². The van der Waals surface area contributed by atoms with Crippen LogP contribution in [0.25, 0.3) is 0 Å². The van der Waals surface area contributed by atoms with Crippen molar-refractivity contribution in [1.82, 2.24) is 5.32 Å². The van der Waals surface area contributed by atoms with Crippen LogP contribution in [0, 0.1) is 0 Å². The zero-order chi connectivity index (χ0) is 14.2. The summed E-state index contributed by atoms with van der Waals surface area (Å²) in [6.45, 7) is 5.97. The fraction of sp³-hybridized carbons (Fsp3) is 0.600. The third kappa shape index (κ3) is 4.63. The molecule has 1 N–H and O–H groups in total. The molecule has 0 bridgehead atoms. The average molecular weight is 299 g/mol. The Morgan fingerprint density at radius 2 is 2.25 bits per heavy atom. The number of hydrogen-bond acceptors (Lipinski definition) is 4. The Bertz CT molecular complexity index is 407. The Hall–Kier alpha value is -0.810. The van der Waals surface area contributed by atoms with Gasteiger partial charge in [-0.3, -0.25) is 0 Å². The van der Waals surface area contributed by atoms with Crippen molar-refractivity contribution in [3.05, 3.63) is 28.8 Å². The quantitative estimate of drug-likeness (QED) is 0.817. The SMILES string of the molecule is COCCNCc1cc(Cl)ccc1N1CCCOCC1. The number of ether oxygens (including phenoxy) is 2. The van der Waals surface area contributed by atoms with Crippen molar-refractivity contribution < 1.29 is 9.47 Å². The van der Waals surface area contributed by atoms with Crippen LogP contribution in [0.1, 0.15) is 12.0 Å². The molecule has 0 saturated carbocycles. The van der Waals surface area contributed by atoms with E-state index in [4.69, 9.17) is 21.1 Å². The molecule has 0 aliphatic carbocycles. The highest BCUT2D eigenvalue weighted by molar-refractivity contribution is 6.30. The van der Waals surface area contributed by atoms with Gasteiger partial charge in [0.15, 0.2) is 0 Å². The molecule has 0 radical (unpaired) electrons. The van der Waals surface area contributed by atoms with E-state index >= 15 is 0 Å². The minimum atomic E-state index is 0.716. The lowest BCUT2D eigenvalue weighted by Gasteiger charge is -2.25. The summed E-state index contributed by atoms with van der Waals surface area (Å²) in [6.07, 6.45) is 1.07. The first-order valence-electron chi connectivity index (χ1n) is 7.12. The monoisotopic (exact) mass is 298 g/mol. The van der Waals surface area contributed by atoms with Gasteiger partial charge in [0, 0.05) is 50.6 Å². The molecule has 0 amide bonds. The molecular formula is C15H23ClN2O2. The molecule has 1 aromatic carbocycles. The minimum absolute atomic E-state index is 0.716. The van der Waals surface area contributed by atoms with Gasteiger partial charge in [-0.05, 0) is 30.2 Å². The maximum atomic E-state index is 6.13. The normalized spacial score (nSPS) is 16.2. The van der Waals surface area contributed by atoms with Crippen LogP contribution in [-0.2, 0) is 16.0 Å². The van der Waals surface area contributed by atoms with Gasteiger partial charge in [-0.1, -0.05) is 11.6 Å². The minimum Gasteiger partial charge on any atom is -0.383 e. The molecule has 1 aliphatic rings. The number of nitrogens with one attached hydrogen (secondary N) is 1. The number of benzene rings is 1. The predicted octanol–water partition coefficient (Wildman–Crippen LogP) is 2.30. The van der Waals surface area contributed by atoms with E-state index in [-0.39, 0.29) is 0 Å².